The van der Waals surface area contributed by atoms with Crippen molar-refractivity contribution in [2.75, 3.05) is 5.32 Å². The van der Waals surface area contributed by atoms with Crippen LogP contribution in [-0.2, 0) is 0 Å². The summed E-state index contributed by atoms with van der Waals surface area (Å²) in [6, 6.07) is 12.6. The third-order valence-corrected chi connectivity index (χ3v) is 3.09. The molecule has 3 rings (SSSR count). The van der Waals surface area contributed by atoms with Crippen molar-refractivity contribution < 1.29 is 4.79 Å². The molecule has 0 atom stereocenters. The number of nitrogens with zero attached hydrogens (tertiary/aromatic N) is 5. The van der Waals surface area contributed by atoms with Gasteiger partial charge in [-0.1, -0.05) is 12.1 Å². The predicted molar refractivity (Wildman–Crippen MR) is 80.8 cm³/mol. The lowest BCUT2D eigenvalue weighted by molar-refractivity contribution is 0.102. The van der Waals surface area contributed by atoms with E-state index in [4.69, 9.17) is 0 Å². The maximum Gasteiger partial charge on any atom is 0.274 e. The molecular formula is C15H14N6O. The zero-order valence-electron chi connectivity index (χ0n) is 12.2. The number of hydrogen-bond acceptors (Lipinski definition) is 5. The Bertz CT molecular complexity index is 826. The predicted octanol–water partition coefficient (Wildman–Crippen LogP) is 1.93. The molecule has 7 heteroatoms. The molecule has 0 spiro atoms. The molecule has 2 aromatic heterocycles. The van der Waals surface area contributed by atoms with Gasteiger partial charge in [0.05, 0.1) is 5.69 Å². The van der Waals surface area contributed by atoms with Gasteiger partial charge in [-0.2, -0.15) is 4.68 Å². The Labute approximate surface area is 127 Å². The van der Waals surface area contributed by atoms with Crippen LogP contribution in [-0.4, -0.2) is 31.1 Å². The lowest BCUT2D eigenvalue weighted by Gasteiger charge is -2.07. The summed E-state index contributed by atoms with van der Waals surface area (Å²) in [4.78, 5) is 16.4. The average Bonchev–Trinajstić information content (AvgIpc) is 2.94. The Kier molecular flexibility index (Phi) is 3.61. The van der Waals surface area contributed by atoms with E-state index in [9.17, 15) is 4.79 Å². The van der Waals surface area contributed by atoms with Gasteiger partial charge < -0.3 is 5.32 Å². The fourth-order valence-corrected chi connectivity index (χ4v) is 2.05. The van der Waals surface area contributed by atoms with Gasteiger partial charge in [-0.05, 0) is 54.6 Å². The minimum Gasteiger partial charge on any atom is -0.321 e. The minimum atomic E-state index is -0.255. The van der Waals surface area contributed by atoms with Gasteiger partial charge in [0.2, 0.25) is 0 Å². The maximum absolute atomic E-state index is 12.2. The van der Waals surface area contributed by atoms with E-state index >= 15 is 0 Å². The van der Waals surface area contributed by atoms with Crippen LogP contribution < -0.4 is 5.32 Å². The highest BCUT2D eigenvalue weighted by molar-refractivity contribution is 6.02. The number of aromatic nitrogens is 5. The van der Waals surface area contributed by atoms with Crippen LogP contribution in [0.15, 0.2) is 42.5 Å². The summed E-state index contributed by atoms with van der Waals surface area (Å²) in [5.41, 5.74) is 2.60. The van der Waals surface area contributed by atoms with E-state index in [1.807, 2.05) is 32.0 Å². The fraction of sp³-hybridized carbons (Fsp3) is 0.133. The van der Waals surface area contributed by atoms with Crippen LogP contribution in [0.2, 0.25) is 0 Å². The highest BCUT2D eigenvalue weighted by Gasteiger charge is 2.09. The summed E-state index contributed by atoms with van der Waals surface area (Å²) in [6.07, 6.45) is 0. The zero-order chi connectivity index (χ0) is 15.5. The molecule has 0 aliphatic rings. The van der Waals surface area contributed by atoms with E-state index < -0.39 is 0 Å². The number of nitrogens with one attached hydrogen (secondary N) is 1. The molecule has 2 heterocycles. The van der Waals surface area contributed by atoms with Gasteiger partial charge in [-0.25, -0.2) is 4.98 Å². The Morgan fingerprint density at radius 3 is 2.68 bits per heavy atom. The molecule has 7 nitrogen and oxygen atoms in total. The van der Waals surface area contributed by atoms with E-state index in [1.54, 1.807) is 28.9 Å². The summed E-state index contributed by atoms with van der Waals surface area (Å²) < 4.78 is 1.60. The number of tetrazole rings is 1. The van der Waals surface area contributed by atoms with Gasteiger partial charge in [-0.15, -0.1) is 5.10 Å². The molecule has 0 aliphatic carbocycles. The van der Waals surface area contributed by atoms with Crippen molar-refractivity contribution >= 4 is 11.6 Å². The van der Waals surface area contributed by atoms with Crippen molar-refractivity contribution in [1.82, 2.24) is 25.2 Å². The highest BCUT2D eigenvalue weighted by Crippen LogP contribution is 2.15. The van der Waals surface area contributed by atoms with Crippen molar-refractivity contribution in [2.45, 2.75) is 13.8 Å². The monoisotopic (exact) mass is 294 g/mol. The number of anilines is 1. The second-order valence-electron chi connectivity index (χ2n) is 4.81. The number of carbonyl (C=O) groups is 1. The summed E-state index contributed by atoms with van der Waals surface area (Å²) in [5, 5.41) is 14.2. The average molecular weight is 294 g/mol. The lowest BCUT2D eigenvalue weighted by Crippen LogP contribution is -2.14. The maximum atomic E-state index is 12.2. The van der Waals surface area contributed by atoms with Crippen molar-refractivity contribution in [3.63, 3.8) is 0 Å². The van der Waals surface area contributed by atoms with Crippen molar-refractivity contribution in [1.29, 1.82) is 0 Å². The number of benzene rings is 1. The molecule has 3 aromatic rings. The van der Waals surface area contributed by atoms with Gasteiger partial charge in [0.15, 0.2) is 5.82 Å². The third-order valence-electron chi connectivity index (χ3n) is 3.09. The van der Waals surface area contributed by atoms with Crippen LogP contribution in [0.5, 0.6) is 0 Å². The fourth-order valence-electron chi connectivity index (χ4n) is 2.05. The number of rotatable bonds is 3. The molecule has 0 aliphatic heterocycles. The number of amides is 1. The number of pyridine rings is 1. The first-order valence-electron chi connectivity index (χ1n) is 6.74. The molecule has 0 fully saturated rings. The number of aryl methyl sites for hydroxylation is 2. The second kappa shape index (κ2) is 5.72. The van der Waals surface area contributed by atoms with Crippen molar-refractivity contribution in [2.24, 2.45) is 0 Å². The SMILES string of the molecule is Cc1cccc(C(=O)Nc2cccc(-n3nnnc3C)c2)n1. The molecule has 1 N–H and O–H groups in total. The molecule has 110 valence electrons. The highest BCUT2D eigenvalue weighted by atomic mass is 16.1. The standard InChI is InChI=1S/C15H14N6O/c1-10-5-3-8-14(16-10)15(22)17-12-6-4-7-13(9-12)21-11(2)18-19-20-21/h3-9H,1-2H3,(H,17,22). The van der Waals surface area contributed by atoms with Crippen LogP contribution in [0.25, 0.3) is 5.69 Å². The van der Waals surface area contributed by atoms with E-state index in [2.05, 4.69) is 25.8 Å². The van der Waals surface area contributed by atoms with E-state index in [-0.39, 0.29) is 5.91 Å². The normalized spacial score (nSPS) is 10.5. The first kappa shape index (κ1) is 13.9. The summed E-state index contributed by atoms with van der Waals surface area (Å²) in [6.45, 7) is 3.65. The van der Waals surface area contributed by atoms with E-state index in [0.29, 0.717) is 17.2 Å². The van der Waals surface area contributed by atoms with E-state index in [0.717, 1.165) is 11.4 Å². The molecule has 0 saturated heterocycles. The molecule has 22 heavy (non-hydrogen) atoms. The van der Waals surface area contributed by atoms with Crippen LogP contribution >= 0.6 is 0 Å². The summed E-state index contributed by atoms with van der Waals surface area (Å²) >= 11 is 0. The van der Waals surface area contributed by atoms with Crippen LogP contribution in [0.4, 0.5) is 5.69 Å². The Balaban J connectivity index is 1.84. The minimum absolute atomic E-state index is 0.255. The Morgan fingerprint density at radius 1 is 1.14 bits per heavy atom. The molecule has 0 saturated carbocycles. The van der Waals surface area contributed by atoms with Gasteiger partial charge >= 0.3 is 0 Å². The summed E-state index contributed by atoms with van der Waals surface area (Å²) in [7, 11) is 0. The molecule has 0 unspecified atom stereocenters. The molecular weight excluding hydrogens is 280 g/mol. The van der Waals surface area contributed by atoms with Gasteiger partial charge in [0, 0.05) is 11.4 Å². The number of hydrogen-bond donors (Lipinski definition) is 1. The van der Waals surface area contributed by atoms with Crippen LogP contribution in [0, 0.1) is 13.8 Å². The molecule has 0 bridgehead atoms. The quantitative estimate of drug-likeness (QED) is 0.797. The second-order valence-corrected chi connectivity index (χ2v) is 4.81. The third kappa shape index (κ3) is 2.83. The Morgan fingerprint density at radius 2 is 1.95 bits per heavy atom. The van der Waals surface area contributed by atoms with Gasteiger partial charge in [0.25, 0.3) is 5.91 Å². The van der Waals surface area contributed by atoms with Gasteiger partial charge in [0.1, 0.15) is 5.69 Å². The van der Waals surface area contributed by atoms with Crippen molar-refractivity contribution in [3.8, 4) is 5.69 Å². The number of carbonyl (C=O) groups excluding carboxylic acids is 1. The molecule has 1 aromatic carbocycles. The first-order chi connectivity index (χ1) is 10.6. The summed E-state index contributed by atoms with van der Waals surface area (Å²) in [5.74, 6) is 0.415. The van der Waals surface area contributed by atoms with Crippen molar-refractivity contribution in [3.05, 3.63) is 59.7 Å². The first-order valence-corrected chi connectivity index (χ1v) is 6.74. The van der Waals surface area contributed by atoms with E-state index in [1.165, 1.54) is 0 Å². The lowest BCUT2D eigenvalue weighted by atomic mass is 10.2. The zero-order valence-corrected chi connectivity index (χ0v) is 12.2. The van der Waals surface area contributed by atoms with Crippen LogP contribution in [0.3, 0.4) is 0 Å². The largest absolute Gasteiger partial charge is 0.321 e. The Hall–Kier alpha value is -3.09. The van der Waals surface area contributed by atoms with Gasteiger partial charge in [-0.3, -0.25) is 4.79 Å². The molecule has 0 radical (unpaired) electrons. The smallest absolute Gasteiger partial charge is 0.274 e. The molecule has 1 amide bonds. The topological polar surface area (TPSA) is 85.6 Å². The van der Waals surface area contributed by atoms with Crippen LogP contribution in [0.1, 0.15) is 22.0 Å².